The Balaban J connectivity index is 0.000000180. The van der Waals surface area contributed by atoms with Gasteiger partial charge in [0.25, 0.3) is 0 Å². The summed E-state index contributed by atoms with van der Waals surface area (Å²) in [5.41, 5.74) is 9.29. The summed E-state index contributed by atoms with van der Waals surface area (Å²) in [6.07, 6.45) is -3.42. The van der Waals surface area contributed by atoms with E-state index >= 15 is 0 Å². The molecule has 0 aliphatic carbocycles. The zero-order valence-corrected chi connectivity index (χ0v) is 20.1. The minimum Gasteiger partial charge on any atom is -0.476 e. The minimum atomic E-state index is -4.72. The summed E-state index contributed by atoms with van der Waals surface area (Å²) in [6.45, 7) is 6.85. The number of halogens is 3. The first-order chi connectivity index (χ1) is 17.5. The van der Waals surface area contributed by atoms with Gasteiger partial charge < -0.3 is 15.3 Å². The molecule has 0 unspecified atom stereocenters. The van der Waals surface area contributed by atoms with Gasteiger partial charge in [-0.1, -0.05) is 24.3 Å². The van der Waals surface area contributed by atoms with E-state index in [1.54, 1.807) is 0 Å². The molecular weight excluding hydrogens is 489 g/mol. The van der Waals surface area contributed by atoms with Crippen LogP contribution in [0.25, 0.3) is 17.1 Å². The van der Waals surface area contributed by atoms with Crippen LogP contribution < -0.4 is 5.73 Å². The molecule has 5 aromatic rings. The number of hydrogen-bond donors (Lipinski definition) is 2. The van der Waals surface area contributed by atoms with Crippen LogP contribution in [-0.2, 0) is 12.7 Å². The molecule has 3 N–H and O–H groups in total. The van der Waals surface area contributed by atoms with Gasteiger partial charge >= 0.3 is 12.1 Å². The Morgan fingerprint density at radius 2 is 1.81 bits per heavy atom. The molecule has 0 spiro atoms. The molecular formula is C25H23F3N6O3. The van der Waals surface area contributed by atoms with Crippen LogP contribution in [0.1, 0.15) is 38.7 Å². The predicted octanol–water partition coefficient (Wildman–Crippen LogP) is 5.15. The van der Waals surface area contributed by atoms with Crippen molar-refractivity contribution >= 4 is 17.3 Å². The highest BCUT2D eigenvalue weighted by Crippen LogP contribution is 2.32. The lowest BCUT2D eigenvalue weighted by Gasteiger charge is -2.09. The van der Waals surface area contributed by atoms with Gasteiger partial charge in [0.15, 0.2) is 22.8 Å². The normalized spacial score (nSPS) is 11.4. The Morgan fingerprint density at radius 3 is 2.38 bits per heavy atom. The summed E-state index contributed by atoms with van der Waals surface area (Å²) in [5.74, 6) is -1.30. The van der Waals surface area contributed by atoms with E-state index in [0.29, 0.717) is 4.52 Å². The van der Waals surface area contributed by atoms with Crippen LogP contribution in [-0.4, -0.2) is 35.5 Å². The van der Waals surface area contributed by atoms with E-state index in [1.807, 2.05) is 24.6 Å². The van der Waals surface area contributed by atoms with Gasteiger partial charge in [0.05, 0.1) is 29.9 Å². The molecule has 0 aliphatic heterocycles. The lowest BCUT2D eigenvalue weighted by Crippen LogP contribution is -2.14. The third kappa shape index (κ3) is 5.32. The van der Waals surface area contributed by atoms with E-state index in [4.69, 9.17) is 15.3 Å². The third-order valence-corrected chi connectivity index (χ3v) is 5.73. The van der Waals surface area contributed by atoms with E-state index in [2.05, 4.69) is 40.3 Å². The number of benzene rings is 1. The quantitative estimate of drug-likeness (QED) is 0.341. The number of nitrogens with zero attached hydrogens (tertiary/aromatic N) is 5. The van der Waals surface area contributed by atoms with Crippen molar-refractivity contribution in [1.29, 1.82) is 0 Å². The number of rotatable bonds is 4. The number of carboxylic acid groups (broad SMARTS) is 1. The first kappa shape index (κ1) is 25.5. The minimum absolute atomic E-state index is 0.0586. The lowest BCUT2D eigenvalue weighted by atomic mass is 10.1. The molecule has 0 aliphatic rings. The van der Waals surface area contributed by atoms with Crippen molar-refractivity contribution in [3.05, 3.63) is 88.7 Å². The maximum absolute atomic E-state index is 13.1. The molecule has 5 rings (SSSR count). The van der Waals surface area contributed by atoms with Crippen LogP contribution in [0, 0.1) is 20.8 Å². The van der Waals surface area contributed by atoms with E-state index in [0.717, 1.165) is 35.8 Å². The molecule has 0 atom stereocenters. The van der Waals surface area contributed by atoms with Crippen LogP contribution in [0.15, 0.2) is 59.2 Å². The van der Waals surface area contributed by atoms with Crippen molar-refractivity contribution in [2.45, 2.75) is 33.5 Å². The summed E-state index contributed by atoms with van der Waals surface area (Å²) in [7, 11) is 0. The zero-order chi connectivity index (χ0) is 26.9. The number of aromatic nitrogens is 5. The molecule has 4 heterocycles. The van der Waals surface area contributed by atoms with Gasteiger partial charge in [0.2, 0.25) is 0 Å². The van der Waals surface area contributed by atoms with Gasteiger partial charge in [0.1, 0.15) is 5.69 Å². The van der Waals surface area contributed by atoms with E-state index in [9.17, 15) is 18.0 Å². The van der Waals surface area contributed by atoms with Crippen molar-refractivity contribution in [2.75, 3.05) is 5.73 Å². The van der Waals surface area contributed by atoms with Crippen molar-refractivity contribution in [1.82, 2.24) is 24.4 Å². The highest BCUT2D eigenvalue weighted by molar-refractivity contribution is 5.86. The van der Waals surface area contributed by atoms with E-state index in [1.165, 1.54) is 29.5 Å². The Hall–Kier alpha value is -4.61. The summed E-state index contributed by atoms with van der Waals surface area (Å²) in [6, 6.07) is 13.0. The molecule has 0 saturated heterocycles. The van der Waals surface area contributed by atoms with E-state index < -0.39 is 23.5 Å². The molecule has 4 aromatic heterocycles. The number of fused-ring (bicyclic) bond motifs is 1. The maximum Gasteiger partial charge on any atom is 0.433 e. The first-order valence-electron chi connectivity index (χ1n) is 11.0. The Kier molecular flexibility index (Phi) is 6.75. The van der Waals surface area contributed by atoms with Crippen molar-refractivity contribution < 1.29 is 27.5 Å². The summed E-state index contributed by atoms with van der Waals surface area (Å²) in [5, 5.41) is 16.7. The highest BCUT2D eigenvalue weighted by Gasteiger charge is 2.36. The van der Waals surface area contributed by atoms with Crippen molar-refractivity contribution in [2.24, 2.45) is 0 Å². The number of anilines is 1. The Morgan fingerprint density at radius 1 is 1.08 bits per heavy atom. The second kappa shape index (κ2) is 9.80. The fourth-order valence-electron chi connectivity index (χ4n) is 3.65. The van der Waals surface area contributed by atoms with Gasteiger partial charge in [0, 0.05) is 6.07 Å². The predicted molar refractivity (Wildman–Crippen MR) is 129 cm³/mol. The summed E-state index contributed by atoms with van der Waals surface area (Å²) < 4.78 is 46.7. The number of nitrogens with two attached hydrogens (primary N) is 1. The van der Waals surface area contributed by atoms with Crippen LogP contribution in [0.5, 0.6) is 0 Å². The second-order valence-corrected chi connectivity index (χ2v) is 8.28. The zero-order valence-electron chi connectivity index (χ0n) is 20.1. The average molecular weight is 512 g/mol. The van der Waals surface area contributed by atoms with Crippen molar-refractivity contribution in [3.8, 4) is 11.5 Å². The number of carbonyl (C=O) groups is 1. The molecule has 0 fully saturated rings. The van der Waals surface area contributed by atoms with E-state index in [-0.39, 0.29) is 17.1 Å². The molecule has 12 heteroatoms. The first-order valence-corrected chi connectivity index (χ1v) is 11.0. The number of carboxylic acids is 1. The molecule has 0 bridgehead atoms. The Bertz CT molecular complexity index is 1570. The number of aromatic carboxylic acids is 1. The molecule has 192 valence electrons. The average Bonchev–Trinajstić information content (AvgIpc) is 3.57. The Labute approximate surface area is 209 Å². The lowest BCUT2D eigenvalue weighted by molar-refractivity contribution is -0.142. The topological polar surface area (TPSA) is 124 Å². The van der Waals surface area contributed by atoms with Gasteiger partial charge in [-0.15, -0.1) is 0 Å². The molecule has 0 saturated carbocycles. The smallest absolute Gasteiger partial charge is 0.433 e. The fourth-order valence-corrected chi connectivity index (χ4v) is 3.65. The second-order valence-electron chi connectivity index (χ2n) is 8.28. The third-order valence-electron chi connectivity index (χ3n) is 5.73. The summed E-state index contributed by atoms with van der Waals surface area (Å²) >= 11 is 0. The van der Waals surface area contributed by atoms with Crippen LogP contribution in [0.4, 0.5) is 18.9 Å². The van der Waals surface area contributed by atoms with Gasteiger partial charge in [-0.05, 0) is 50.1 Å². The summed E-state index contributed by atoms with van der Waals surface area (Å²) in [4.78, 5) is 14.8. The molecule has 37 heavy (non-hydrogen) atoms. The van der Waals surface area contributed by atoms with Gasteiger partial charge in [-0.3, -0.25) is 4.68 Å². The van der Waals surface area contributed by atoms with Crippen LogP contribution in [0.3, 0.4) is 0 Å². The monoisotopic (exact) mass is 512 g/mol. The molecule has 0 amide bonds. The number of hydrogen-bond acceptors (Lipinski definition) is 6. The SMILES string of the molecule is Cc1ccccc1Cn1nc(C)c(N)c1C.O=C(O)c1cc2nc(-c3ccco3)cc(C(F)(F)F)n2n1. The van der Waals surface area contributed by atoms with Crippen LogP contribution in [0.2, 0.25) is 0 Å². The van der Waals surface area contributed by atoms with Gasteiger partial charge in [-0.2, -0.15) is 23.4 Å². The molecule has 9 nitrogen and oxygen atoms in total. The number of alkyl halides is 3. The van der Waals surface area contributed by atoms with Gasteiger partial charge in [-0.25, -0.2) is 14.3 Å². The molecule has 1 aromatic carbocycles. The molecule has 0 radical (unpaired) electrons. The standard InChI is InChI=1S/C13H17N3.C12H6F3N3O3/c1-9-6-4-5-7-12(9)8-16-11(3)13(14)10(2)15-16;13-12(14,15)9-4-6(8-2-1-3-21-8)16-10-5-7(11(19)20)17-18(9)10/h4-7H,8,14H2,1-3H3;1-5H,(H,19,20). The number of aryl methyl sites for hydroxylation is 2. The largest absolute Gasteiger partial charge is 0.476 e. The maximum atomic E-state index is 13.1. The highest BCUT2D eigenvalue weighted by atomic mass is 19.4. The number of furan rings is 1. The fraction of sp³-hybridized carbons (Fsp3) is 0.200. The van der Waals surface area contributed by atoms with Crippen LogP contribution >= 0.6 is 0 Å². The van der Waals surface area contributed by atoms with Crippen molar-refractivity contribution in [3.63, 3.8) is 0 Å². The number of nitrogen functional groups attached to an aromatic ring is 1.